The first-order chi connectivity index (χ1) is 10.6. The van der Waals surface area contributed by atoms with Crippen molar-refractivity contribution >= 4 is 11.7 Å². The molecule has 0 radical (unpaired) electrons. The maximum atomic E-state index is 13.6. The molecule has 1 aliphatic rings. The number of benzene rings is 2. The zero-order valence-electron chi connectivity index (χ0n) is 11.6. The van der Waals surface area contributed by atoms with Gasteiger partial charge in [-0.1, -0.05) is 24.3 Å². The summed E-state index contributed by atoms with van der Waals surface area (Å²) in [6, 6.07) is 8.98. The summed E-state index contributed by atoms with van der Waals surface area (Å²) in [4.78, 5) is 13.7. The molecule has 1 heterocycles. The van der Waals surface area contributed by atoms with Crippen LogP contribution in [0.1, 0.15) is 11.1 Å². The van der Waals surface area contributed by atoms with Crippen LogP contribution in [0, 0.1) is 17.5 Å². The predicted octanol–water partition coefficient (Wildman–Crippen LogP) is 3.69. The van der Waals surface area contributed by atoms with E-state index in [1.165, 1.54) is 10.5 Å². The third kappa shape index (κ3) is 2.64. The van der Waals surface area contributed by atoms with Crippen LogP contribution in [0.25, 0.3) is 0 Å². The van der Waals surface area contributed by atoms with E-state index in [0.717, 1.165) is 17.7 Å². The quantitative estimate of drug-likeness (QED) is 0.801. The minimum absolute atomic E-state index is 0.372. The Labute approximate surface area is 125 Å². The lowest BCUT2D eigenvalue weighted by Crippen LogP contribution is -2.39. The number of nitrogens with one attached hydrogen (secondary N) is 1. The van der Waals surface area contributed by atoms with Gasteiger partial charge in [0, 0.05) is 13.1 Å². The number of nitrogens with zero attached hydrogens (tertiary/aromatic N) is 1. The number of fused-ring (bicyclic) bond motifs is 1. The maximum Gasteiger partial charge on any atom is 0.322 e. The molecule has 1 aliphatic heterocycles. The van der Waals surface area contributed by atoms with Crippen molar-refractivity contribution in [3.8, 4) is 0 Å². The molecule has 3 nitrogen and oxygen atoms in total. The standard InChI is InChI=1S/C16H13F3N2O/c17-12-5-6-13(15(19)14(12)18)20-16(22)21-8-7-10-3-1-2-4-11(10)9-21/h1-6H,7-9H2,(H,20,22). The highest BCUT2D eigenvalue weighted by Gasteiger charge is 2.22. The fourth-order valence-corrected chi connectivity index (χ4v) is 2.49. The molecular formula is C16H13F3N2O. The number of urea groups is 1. The minimum atomic E-state index is -1.60. The van der Waals surface area contributed by atoms with E-state index in [1.54, 1.807) is 0 Å². The monoisotopic (exact) mass is 306 g/mol. The van der Waals surface area contributed by atoms with Gasteiger partial charge in [-0.3, -0.25) is 0 Å². The molecule has 0 atom stereocenters. The summed E-state index contributed by atoms with van der Waals surface area (Å²) in [5.41, 5.74) is 1.82. The lowest BCUT2D eigenvalue weighted by molar-refractivity contribution is 0.206. The summed E-state index contributed by atoms with van der Waals surface area (Å²) in [5, 5.41) is 2.28. The van der Waals surface area contributed by atoms with E-state index < -0.39 is 23.5 Å². The Morgan fingerprint density at radius 3 is 2.50 bits per heavy atom. The SMILES string of the molecule is O=C(Nc1ccc(F)c(F)c1F)N1CCc2ccccc2C1. The van der Waals surface area contributed by atoms with Crippen molar-refractivity contribution in [1.82, 2.24) is 4.90 Å². The summed E-state index contributed by atoms with van der Waals surface area (Å²) in [5.74, 6) is -4.28. The molecule has 3 rings (SSSR count). The summed E-state index contributed by atoms with van der Waals surface area (Å²) < 4.78 is 39.6. The van der Waals surface area contributed by atoms with Gasteiger partial charge in [-0.25, -0.2) is 18.0 Å². The van der Waals surface area contributed by atoms with Crippen LogP contribution >= 0.6 is 0 Å². The number of rotatable bonds is 1. The van der Waals surface area contributed by atoms with Gasteiger partial charge in [0.25, 0.3) is 0 Å². The largest absolute Gasteiger partial charge is 0.322 e. The van der Waals surface area contributed by atoms with Crippen molar-refractivity contribution in [2.24, 2.45) is 0 Å². The van der Waals surface area contributed by atoms with E-state index in [9.17, 15) is 18.0 Å². The molecule has 6 heteroatoms. The number of carbonyl (C=O) groups excluding carboxylic acids is 1. The van der Waals surface area contributed by atoms with Gasteiger partial charge in [-0.15, -0.1) is 0 Å². The first-order valence-corrected chi connectivity index (χ1v) is 6.82. The van der Waals surface area contributed by atoms with E-state index in [4.69, 9.17) is 0 Å². The molecule has 0 aliphatic carbocycles. The molecular weight excluding hydrogens is 293 g/mol. The van der Waals surface area contributed by atoms with E-state index in [0.29, 0.717) is 19.5 Å². The number of halogens is 3. The molecule has 0 fully saturated rings. The molecule has 1 N–H and O–H groups in total. The highest BCUT2D eigenvalue weighted by Crippen LogP contribution is 2.22. The fourth-order valence-electron chi connectivity index (χ4n) is 2.49. The van der Waals surface area contributed by atoms with Crippen LogP contribution in [-0.2, 0) is 13.0 Å². The Morgan fingerprint density at radius 2 is 1.73 bits per heavy atom. The van der Waals surface area contributed by atoms with E-state index in [1.807, 2.05) is 24.3 Å². The van der Waals surface area contributed by atoms with Crippen molar-refractivity contribution in [3.63, 3.8) is 0 Å². The van der Waals surface area contributed by atoms with E-state index >= 15 is 0 Å². The average Bonchev–Trinajstić information content (AvgIpc) is 2.55. The molecule has 2 aromatic carbocycles. The van der Waals surface area contributed by atoms with Gasteiger partial charge in [-0.05, 0) is 29.7 Å². The minimum Gasteiger partial charge on any atom is -0.320 e. The fraction of sp³-hybridized carbons (Fsp3) is 0.188. The lowest BCUT2D eigenvalue weighted by atomic mass is 10.0. The van der Waals surface area contributed by atoms with Gasteiger partial charge in [0.15, 0.2) is 17.5 Å². The van der Waals surface area contributed by atoms with Crippen LogP contribution in [0.15, 0.2) is 36.4 Å². The van der Waals surface area contributed by atoms with Gasteiger partial charge >= 0.3 is 6.03 Å². The summed E-state index contributed by atoms with van der Waals surface area (Å²) >= 11 is 0. The van der Waals surface area contributed by atoms with Crippen molar-refractivity contribution in [3.05, 3.63) is 65.0 Å². The van der Waals surface area contributed by atoms with E-state index in [2.05, 4.69) is 5.32 Å². The number of hydrogen-bond donors (Lipinski definition) is 1. The Hall–Kier alpha value is -2.50. The van der Waals surface area contributed by atoms with Crippen molar-refractivity contribution in [1.29, 1.82) is 0 Å². The second-order valence-electron chi connectivity index (χ2n) is 5.09. The van der Waals surface area contributed by atoms with Gasteiger partial charge < -0.3 is 10.2 Å². The van der Waals surface area contributed by atoms with Crippen molar-refractivity contribution in [2.45, 2.75) is 13.0 Å². The van der Waals surface area contributed by atoms with Crippen molar-refractivity contribution < 1.29 is 18.0 Å². The van der Waals surface area contributed by atoms with Crippen LogP contribution in [0.2, 0.25) is 0 Å². The van der Waals surface area contributed by atoms with Gasteiger partial charge in [0.1, 0.15) is 0 Å². The lowest BCUT2D eigenvalue weighted by Gasteiger charge is -2.29. The summed E-state index contributed by atoms with van der Waals surface area (Å²) in [6.07, 6.45) is 0.698. The molecule has 0 unspecified atom stereocenters. The van der Waals surface area contributed by atoms with Gasteiger partial charge in [0.2, 0.25) is 0 Å². The maximum absolute atomic E-state index is 13.6. The molecule has 0 bridgehead atoms. The van der Waals surface area contributed by atoms with Crippen LogP contribution in [0.5, 0.6) is 0 Å². The zero-order valence-corrected chi connectivity index (χ0v) is 11.6. The normalized spacial score (nSPS) is 13.7. The molecule has 22 heavy (non-hydrogen) atoms. The molecule has 0 aromatic heterocycles. The van der Waals surface area contributed by atoms with Crippen LogP contribution in [-0.4, -0.2) is 17.5 Å². The predicted molar refractivity (Wildman–Crippen MR) is 75.9 cm³/mol. The van der Waals surface area contributed by atoms with Crippen LogP contribution < -0.4 is 5.32 Å². The third-order valence-corrected chi connectivity index (χ3v) is 3.69. The summed E-state index contributed by atoms with van der Waals surface area (Å²) in [6.45, 7) is 0.876. The number of amides is 2. The topological polar surface area (TPSA) is 32.3 Å². The molecule has 2 aromatic rings. The number of anilines is 1. The Bertz CT molecular complexity index is 733. The first kappa shape index (κ1) is 14.4. The molecule has 0 spiro atoms. The average molecular weight is 306 g/mol. The Morgan fingerprint density at radius 1 is 1.00 bits per heavy atom. The Kier molecular flexibility index (Phi) is 3.75. The van der Waals surface area contributed by atoms with Gasteiger partial charge in [0.05, 0.1) is 5.69 Å². The highest BCUT2D eigenvalue weighted by atomic mass is 19.2. The smallest absolute Gasteiger partial charge is 0.320 e. The van der Waals surface area contributed by atoms with Gasteiger partial charge in [-0.2, -0.15) is 0 Å². The number of carbonyl (C=O) groups is 1. The van der Waals surface area contributed by atoms with Crippen LogP contribution in [0.4, 0.5) is 23.7 Å². The molecule has 2 amide bonds. The third-order valence-electron chi connectivity index (χ3n) is 3.69. The molecule has 0 saturated carbocycles. The second-order valence-corrected chi connectivity index (χ2v) is 5.09. The molecule has 114 valence electrons. The number of hydrogen-bond acceptors (Lipinski definition) is 1. The van der Waals surface area contributed by atoms with Crippen molar-refractivity contribution in [2.75, 3.05) is 11.9 Å². The zero-order chi connectivity index (χ0) is 15.7. The second kappa shape index (κ2) is 5.71. The molecule has 0 saturated heterocycles. The highest BCUT2D eigenvalue weighted by molar-refractivity contribution is 5.89. The Balaban J connectivity index is 1.75. The first-order valence-electron chi connectivity index (χ1n) is 6.82. The van der Waals surface area contributed by atoms with E-state index in [-0.39, 0.29) is 5.69 Å². The summed E-state index contributed by atoms with van der Waals surface area (Å²) in [7, 11) is 0. The van der Waals surface area contributed by atoms with Crippen LogP contribution in [0.3, 0.4) is 0 Å².